The van der Waals surface area contributed by atoms with Crippen LogP contribution in [0.15, 0.2) is 36.4 Å². The first-order valence-electron chi connectivity index (χ1n) is 7.90. The Morgan fingerprint density at radius 1 is 1.11 bits per heavy atom. The molecule has 1 unspecified atom stereocenters. The number of fused-ring (bicyclic) bond motifs is 2. The lowest BCUT2D eigenvalue weighted by Gasteiger charge is -2.21. The Morgan fingerprint density at radius 3 is 2.33 bits per heavy atom. The first-order valence-corrected chi connectivity index (χ1v) is 8.72. The number of rotatable bonds is 3. The minimum Gasteiger partial charge on any atom is -0.300 e. The fraction of sp³-hybridized carbons (Fsp3) is 0.111. The van der Waals surface area contributed by atoms with E-state index in [1.54, 1.807) is 12.1 Å². The second-order valence-corrected chi connectivity index (χ2v) is 6.97. The van der Waals surface area contributed by atoms with E-state index in [1.165, 1.54) is 19.1 Å². The highest BCUT2D eigenvalue weighted by atomic mass is 32.1. The van der Waals surface area contributed by atoms with Gasteiger partial charge in [0.15, 0.2) is 16.8 Å². The molecule has 2 heterocycles. The second-order valence-electron chi connectivity index (χ2n) is 5.94. The smallest absolute Gasteiger partial charge is 0.262 e. The van der Waals surface area contributed by atoms with Crippen LogP contribution in [0.3, 0.4) is 0 Å². The largest absolute Gasteiger partial charge is 0.300 e. The van der Waals surface area contributed by atoms with Crippen molar-refractivity contribution in [3.8, 4) is 0 Å². The molecule has 0 spiro atoms. The van der Waals surface area contributed by atoms with Crippen molar-refractivity contribution in [2.75, 3.05) is 5.32 Å². The Kier molecular flexibility index (Phi) is 3.96. The molecule has 0 saturated heterocycles. The summed E-state index contributed by atoms with van der Waals surface area (Å²) in [6, 6.07) is 7.16. The van der Waals surface area contributed by atoms with Crippen LogP contribution < -0.4 is 5.32 Å². The van der Waals surface area contributed by atoms with Crippen molar-refractivity contribution in [3.63, 3.8) is 0 Å². The van der Waals surface area contributed by atoms with Gasteiger partial charge in [-0.3, -0.25) is 19.3 Å². The molecule has 9 heteroatoms. The van der Waals surface area contributed by atoms with Gasteiger partial charge in [0, 0.05) is 6.07 Å². The van der Waals surface area contributed by atoms with Gasteiger partial charge in [-0.1, -0.05) is 23.5 Å². The first kappa shape index (κ1) is 17.2. The highest BCUT2D eigenvalue weighted by molar-refractivity contribution is 7.22. The lowest BCUT2D eigenvalue weighted by molar-refractivity contribution is -0.119. The summed E-state index contributed by atoms with van der Waals surface area (Å²) in [7, 11) is 0. The van der Waals surface area contributed by atoms with E-state index in [4.69, 9.17) is 0 Å². The number of carbonyl (C=O) groups is 3. The Balaban J connectivity index is 1.57. The van der Waals surface area contributed by atoms with Gasteiger partial charge in [0.2, 0.25) is 5.91 Å². The third-order valence-corrected chi connectivity index (χ3v) is 5.19. The number of nitrogens with zero attached hydrogens (tertiary/aromatic N) is 2. The summed E-state index contributed by atoms with van der Waals surface area (Å²) in [5.41, 5.74) is 0.684. The number of thiazole rings is 1. The summed E-state index contributed by atoms with van der Waals surface area (Å²) in [6.45, 7) is 1.42. The molecule has 0 bridgehead atoms. The molecule has 1 aliphatic rings. The van der Waals surface area contributed by atoms with Crippen molar-refractivity contribution in [1.29, 1.82) is 0 Å². The van der Waals surface area contributed by atoms with E-state index in [-0.39, 0.29) is 21.8 Å². The number of benzene rings is 2. The molecule has 0 saturated carbocycles. The van der Waals surface area contributed by atoms with Crippen molar-refractivity contribution in [1.82, 2.24) is 9.88 Å². The minimum atomic E-state index is -1.09. The molecule has 0 fully saturated rings. The van der Waals surface area contributed by atoms with Crippen molar-refractivity contribution < 1.29 is 23.2 Å². The maximum atomic E-state index is 13.3. The Hall–Kier alpha value is -3.20. The molecule has 0 radical (unpaired) electrons. The molecule has 1 aromatic heterocycles. The van der Waals surface area contributed by atoms with Crippen LogP contribution in [-0.2, 0) is 4.79 Å². The Labute approximate surface area is 155 Å². The SMILES string of the molecule is CC(C(=O)Nc1nc2cc(F)c(F)cc2s1)N1C(=O)c2ccccc2C1=O. The van der Waals surface area contributed by atoms with E-state index in [0.29, 0.717) is 4.70 Å². The third kappa shape index (κ3) is 2.76. The van der Waals surface area contributed by atoms with Gasteiger partial charge in [-0.05, 0) is 25.1 Å². The molecule has 136 valence electrons. The fourth-order valence-corrected chi connectivity index (χ4v) is 3.74. The zero-order valence-corrected chi connectivity index (χ0v) is 14.6. The molecule has 0 aliphatic carbocycles. The number of imide groups is 1. The molecule has 27 heavy (non-hydrogen) atoms. The van der Waals surface area contributed by atoms with Crippen LogP contribution in [0.1, 0.15) is 27.6 Å². The summed E-state index contributed by atoms with van der Waals surface area (Å²) >= 11 is 0.959. The van der Waals surface area contributed by atoms with Crippen LogP contribution in [0.4, 0.5) is 13.9 Å². The highest BCUT2D eigenvalue weighted by Crippen LogP contribution is 2.29. The van der Waals surface area contributed by atoms with Gasteiger partial charge in [-0.15, -0.1) is 0 Å². The number of halogens is 2. The van der Waals surface area contributed by atoms with Gasteiger partial charge < -0.3 is 5.32 Å². The van der Waals surface area contributed by atoms with Gasteiger partial charge in [0.05, 0.1) is 21.3 Å². The molecule has 4 rings (SSSR count). The van der Waals surface area contributed by atoms with E-state index < -0.39 is 35.4 Å². The molecular formula is C18H11F2N3O3S. The van der Waals surface area contributed by atoms with E-state index >= 15 is 0 Å². The average molecular weight is 387 g/mol. The fourth-order valence-electron chi connectivity index (χ4n) is 2.86. The average Bonchev–Trinajstić information content (AvgIpc) is 3.13. The van der Waals surface area contributed by atoms with E-state index in [0.717, 1.165) is 28.4 Å². The Morgan fingerprint density at radius 2 is 1.70 bits per heavy atom. The zero-order chi connectivity index (χ0) is 19.3. The number of hydrogen-bond donors (Lipinski definition) is 1. The summed E-state index contributed by atoms with van der Waals surface area (Å²) in [5.74, 6) is -3.78. The van der Waals surface area contributed by atoms with Gasteiger partial charge in [-0.25, -0.2) is 13.8 Å². The number of amides is 3. The standard InChI is InChI=1S/C18H11F2N3O3S/c1-8(23-16(25)9-4-2-3-5-10(9)17(23)26)15(24)22-18-21-13-6-11(19)12(20)7-14(13)27-18/h2-8H,1H3,(H,21,22,24). The van der Waals surface area contributed by atoms with Crippen molar-refractivity contribution >= 4 is 44.4 Å². The number of aromatic nitrogens is 1. The van der Waals surface area contributed by atoms with Crippen LogP contribution in [0.25, 0.3) is 10.2 Å². The molecule has 6 nitrogen and oxygen atoms in total. The first-order chi connectivity index (χ1) is 12.9. The second kappa shape index (κ2) is 6.20. The molecule has 3 aromatic rings. The maximum Gasteiger partial charge on any atom is 0.262 e. The van der Waals surface area contributed by atoms with E-state index in [1.807, 2.05) is 0 Å². The van der Waals surface area contributed by atoms with E-state index in [2.05, 4.69) is 10.3 Å². The summed E-state index contributed by atoms with van der Waals surface area (Å²) in [5, 5.41) is 2.61. The summed E-state index contributed by atoms with van der Waals surface area (Å²) in [6.07, 6.45) is 0. The van der Waals surface area contributed by atoms with Gasteiger partial charge in [-0.2, -0.15) is 0 Å². The number of nitrogens with one attached hydrogen (secondary N) is 1. The topological polar surface area (TPSA) is 79.4 Å². The van der Waals surface area contributed by atoms with Crippen LogP contribution >= 0.6 is 11.3 Å². The predicted molar refractivity (Wildman–Crippen MR) is 94.6 cm³/mol. The minimum absolute atomic E-state index is 0.114. The molecule has 1 N–H and O–H groups in total. The van der Waals surface area contributed by atoms with Crippen molar-refractivity contribution in [2.24, 2.45) is 0 Å². The highest BCUT2D eigenvalue weighted by Gasteiger charge is 2.40. The molecular weight excluding hydrogens is 376 g/mol. The van der Waals surface area contributed by atoms with Crippen molar-refractivity contribution in [2.45, 2.75) is 13.0 Å². The van der Waals surface area contributed by atoms with Gasteiger partial charge in [0.1, 0.15) is 6.04 Å². The normalized spacial score (nSPS) is 14.6. The molecule has 3 amide bonds. The summed E-state index contributed by atoms with van der Waals surface area (Å²) in [4.78, 5) is 42.3. The molecule has 1 atom stereocenters. The number of carbonyl (C=O) groups excluding carboxylic acids is 3. The third-order valence-electron chi connectivity index (χ3n) is 4.25. The number of anilines is 1. The molecule has 1 aliphatic heterocycles. The van der Waals surface area contributed by atoms with Crippen LogP contribution in [0, 0.1) is 11.6 Å². The quantitative estimate of drug-likeness (QED) is 0.700. The lowest BCUT2D eigenvalue weighted by atomic mass is 10.1. The summed E-state index contributed by atoms with van der Waals surface area (Å²) < 4.78 is 27.0. The van der Waals surface area contributed by atoms with Crippen LogP contribution in [0.5, 0.6) is 0 Å². The van der Waals surface area contributed by atoms with Gasteiger partial charge >= 0.3 is 0 Å². The number of hydrogen-bond acceptors (Lipinski definition) is 5. The van der Waals surface area contributed by atoms with E-state index in [9.17, 15) is 23.2 Å². The predicted octanol–water partition coefficient (Wildman–Crippen LogP) is 3.20. The Bertz CT molecular complexity index is 1050. The monoisotopic (exact) mass is 387 g/mol. The maximum absolute atomic E-state index is 13.3. The zero-order valence-electron chi connectivity index (χ0n) is 13.8. The lowest BCUT2D eigenvalue weighted by Crippen LogP contribution is -2.45. The van der Waals surface area contributed by atoms with Crippen molar-refractivity contribution in [3.05, 3.63) is 59.2 Å². The van der Waals surface area contributed by atoms with Crippen LogP contribution in [0.2, 0.25) is 0 Å². The van der Waals surface area contributed by atoms with Crippen LogP contribution in [-0.4, -0.2) is 33.6 Å². The molecule has 2 aromatic carbocycles. The van der Waals surface area contributed by atoms with Gasteiger partial charge in [0.25, 0.3) is 11.8 Å².